The standard InChI is InChI=1S/C10H11NO2S/c1-13-10(12)9-6-8(7-14-9)4-2-3-5-11/h6-7H,3,5,11H2,1H3. The number of carbonyl (C=O) groups is 1. The lowest BCUT2D eigenvalue weighted by Gasteiger charge is -1.90. The van der Waals surface area contributed by atoms with Gasteiger partial charge in [-0.3, -0.25) is 0 Å². The predicted molar refractivity (Wildman–Crippen MR) is 56.2 cm³/mol. The van der Waals surface area contributed by atoms with Gasteiger partial charge in [0.25, 0.3) is 0 Å². The molecule has 0 bridgehead atoms. The summed E-state index contributed by atoms with van der Waals surface area (Å²) in [6.45, 7) is 0.557. The molecule has 14 heavy (non-hydrogen) atoms. The summed E-state index contributed by atoms with van der Waals surface area (Å²) < 4.78 is 4.58. The summed E-state index contributed by atoms with van der Waals surface area (Å²) in [4.78, 5) is 11.7. The number of esters is 1. The van der Waals surface area contributed by atoms with Gasteiger partial charge in [-0.2, -0.15) is 0 Å². The van der Waals surface area contributed by atoms with E-state index in [4.69, 9.17) is 5.73 Å². The van der Waals surface area contributed by atoms with Gasteiger partial charge in [0.15, 0.2) is 0 Å². The molecule has 1 aromatic rings. The molecule has 0 unspecified atom stereocenters. The fourth-order valence-electron chi connectivity index (χ4n) is 0.846. The first-order valence-corrected chi connectivity index (χ1v) is 5.01. The minimum absolute atomic E-state index is 0.318. The Hall–Kier alpha value is -1.31. The Morgan fingerprint density at radius 1 is 1.71 bits per heavy atom. The van der Waals surface area contributed by atoms with Crippen LogP contribution in [-0.2, 0) is 4.74 Å². The molecule has 3 nitrogen and oxygen atoms in total. The molecule has 1 heterocycles. The molecule has 0 aliphatic rings. The van der Waals surface area contributed by atoms with Crippen LogP contribution in [0.15, 0.2) is 11.4 Å². The lowest BCUT2D eigenvalue weighted by Crippen LogP contribution is -1.97. The Kier molecular flexibility index (Phi) is 4.17. The van der Waals surface area contributed by atoms with Crippen LogP contribution >= 0.6 is 11.3 Å². The van der Waals surface area contributed by atoms with E-state index in [0.717, 1.165) is 5.56 Å². The minimum atomic E-state index is -0.318. The molecule has 1 rings (SSSR count). The molecular formula is C10H11NO2S. The van der Waals surface area contributed by atoms with Gasteiger partial charge >= 0.3 is 5.97 Å². The van der Waals surface area contributed by atoms with E-state index >= 15 is 0 Å². The maximum absolute atomic E-state index is 11.1. The number of carbonyl (C=O) groups excluding carboxylic acids is 1. The highest BCUT2D eigenvalue weighted by molar-refractivity contribution is 7.12. The average molecular weight is 209 g/mol. The zero-order valence-corrected chi connectivity index (χ0v) is 8.69. The largest absolute Gasteiger partial charge is 0.465 e. The van der Waals surface area contributed by atoms with Crippen LogP contribution in [0.4, 0.5) is 0 Å². The fourth-order valence-corrected chi connectivity index (χ4v) is 1.60. The maximum atomic E-state index is 11.1. The summed E-state index contributed by atoms with van der Waals surface area (Å²) in [5.74, 6) is 5.50. The van der Waals surface area contributed by atoms with Crippen LogP contribution in [0.1, 0.15) is 21.7 Å². The monoisotopic (exact) mass is 209 g/mol. The topological polar surface area (TPSA) is 52.3 Å². The second kappa shape index (κ2) is 5.43. The van der Waals surface area contributed by atoms with Crippen LogP contribution in [0.25, 0.3) is 0 Å². The third-order valence-electron chi connectivity index (χ3n) is 1.49. The van der Waals surface area contributed by atoms with Crippen LogP contribution in [0.2, 0.25) is 0 Å². The lowest BCUT2D eigenvalue weighted by atomic mass is 10.3. The summed E-state index contributed by atoms with van der Waals surface area (Å²) in [6, 6.07) is 1.72. The maximum Gasteiger partial charge on any atom is 0.348 e. The van der Waals surface area contributed by atoms with Gasteiger partial charge < -0.3 is 10.5 Å². The van der Waals surface area contributed by atoms with Crippen molar-refractivity contribution in [3.05, 3.63) is 21.9 Å². The number of hydrogen-bond acceptors (Lipinski definition) is 4. The Morgan fingerprint density at radius 2 is 2.50 bits per heavy atom. The van der Waals surface area contributed by atoms with Crippen LogP contribution in [0, 0.1) is 11.8 Å². The fraction of sp³-hybridized carbons (Fsp3) is 0.300. The summed E-state index contributed by atoms with van der Waals surface area (Å²) in [5, 5.41) is 1.83. The van der Waals surface area contributed by atoms with Gasteiger partial charge in [-0.25, -0.2) is 4.79 Å². The second-order valence-corrected chi connectivity index (χ2v) is 3.44. The summed E-state index contributed by atoms with van der Waals surface area (Å²) in [7, 11) is 1.36. The Morgan fingerprint density at radius 3 is 3.14 bits per heavy atom. The number of methoxy groups -OCH3 is 1. The van der Waals surface area contributed by atoms with E-state index in [-0.39, 0.29) is 5.97 Å². The molecular weight excluding hydrogens is 198 g/mol. The molecule has 0 aliphatic carbocycles. The number of ether oxygens (including phenoxy) is 1. The van der Waals surface area contributed by atoms with E-state index in [1.807, 2.05) is 5.38 Å². The number of rotatable bonds is 2. The molecule has 4 heteroatoms. The van der Waals surface area contributed by atoms with Crippen molar-refractivity contribution in [2.45, 2.75) is 6.42 Å². The number of hydrogen-bond donors (Lipinski definition) is 1. The quantitative estimate of drug-likeness (QED) is 0.589. The van der Waals surface area contributed by atoms with E-state index in [2.05, 4.69) is 16.6 Å². The van der Waals surface area contributed by atoms with Crippen molar-refractivity contribution >= 4 is 17.3 Å². The third-order valence-corrected chi connectivity index (χ3v) is 2.40. The Labute approximate surface area is 86.9 Å². The molecule has 0 spiro atoms. The highest BCUT2D eigenvalue weighted by Gasteiger charge is 2.07. The molecule has 0 amide bonds. The van der Waals surface area contributed by atoms with Crippen molar-refractivity contribution in [1.29, 1.82) is 0 Å². The zero-order chi connectivity index (χ0) is 10.4. The van der Waals surface area contributed by atoms with E-state index in [0.29, 0.717) is 17.8 Å². The van der Waals surface area contributed by atoms with Gasteiger partial charge in [0, 0.05) is 23.9 Å². The molecule has 2 N–H and O–H groups in total. The molecule has 0 aromatic carbocycles. The highest BCUT2D eigenvalue weighted by Crippen LogP contribution is 2.14. The third kappa shape index (κ3) is 2.87. The normalized spacial score (nSPS) is 9.00. The first kappa shape index (κ1) is 10.8. The van der Waals surface area contributed by atoms with Crippen LogP contribution in [0.5, 0.6) is 0 Å². The van der Waals surface area contributed by atoms with Crippen molar-refractivity contribution in [2.24, 2.45) is 5.73 Å². The Balaban J connectivity index is 2.70. The lowest BCUT2D eigenvalue weighted by molar-refractivity contribution is 0.0606. The van der Waals surface area contributed by atoms with E-state index < -0.39 is 0 Å². The molecule has 0 fully saturated rings. The molecule has 0 saturated carbocycles. The SMILES string of the molecule is COC(=O)c1cc(C#CCCN)cs1. The van der Waals surface area contributed by atoms with Crippen molar-refractivity contribution in [2.75, 3.05) is 13.7 Å². The smallest absolute Gasteiger partial charge is 0.348 e. The summed E-state index contributed by atoms with van der Waals surface area (Å²) in [6.07, 6.45) is 0.670. The zero-order valence-electron chi connectivity index (χ0n) is 7.87. The van der Waals surface area contributed by atoms with Crippen LogP contribution in [-0.4, -0.2) is 19.6 Å². The molecule has 0 aliphatic heterocycles. The predicted octanol–water partition coefficient (Wildman–Crippen LogP) is 1.24. The minimum Gasteiger partial charge on any atom is -0.465 e. The first-order chi connectivity index (χ1) is 6.77. The highest BCUT2D eigenvalue weighted by atomic mass is 32.1. The van der Waals surface area contributed by atoms with Gasteiger partial charge in [-0.05, 0) is 6.07 Å². The van der Waals surface area contributed by atoms with E-state index in [1.54, 1.807) is 6.07 Å². The van der Waals surface area contributed by atoms with Gasteiger partial charge in [0.05, 0.1) is 7.11 Å². The van der Waals surface area contributed by atoms with Crippen LogP contribution < -0.4 is 5.73 Å². The van der Waals surface area contributed by atoms with Gasteiger partial charge in [-0.15, -0.1) is 11.3 Å². The number of nitrogens with two attached hydrogens (primary N) is 1. The Bertz CT molecular complexity index is 373. The van der Waals surface area contributed by atoms with Crippen molar-refractivity contribution in [1.82, 2.24) is 0 Å². The second-order valence-electron chi connectivity index (χ2n) is 2.53. The van der Waals surface area contributed by atoms with E-state index in [9.17, 15) is 4.79 Å². The summed E-state index contributed by atoms with van der Waals surface area (Å²) in [5.41, 5.74) is 6.13. The molecule has 1 aromatic heterocycles. The molecule has 0 saturated heterocycles. The first-order valence-electron chi connectivity index (χ1n) is 4.13. The number of thiophene rings is 1. The molecule has 0 radical (unpaired) electrons. The molecule has 74 valence electrons. The van der Waals surface area contributed by atoms with Gasteiger partial charge in [0.1, 0.15) is 4.88 Å². The van der Waals surface area contributed by atoms with Crippen LogP contribution in [0.3, 0.4) is 0 Å². The van der Waals surface area contributed by atoms with Crippen molar-refractivity contribution < 1.29 is 9.53 Å². The average Bonchev–Trinajstić information content (AvgIpc) is 2.66. The van der Waals surface area contributed by atoms with Gasteiger partial charge in [-0.1, -0.05) is 11.8 Å². The summed E-state index contributed by atoms with van der Waals surface area (Å²) >= 11 is 1.33. The van der Waals surface area contributed by atoms with Crippen molar-refractivity contribution in [3.63, 3.8) is 0 Å². The van der Waals surface area contributed by atoms with E-state index in [1.165, 1.54) is 18.4 Å². The van der Waals surface area contributed by atoms with Gasteiger partial charge in [0.2, 0.25) is 0 Å². The van der Waals surface area contributed by atoms with Crippen molar-refractivity contribution in [3.8, 4) is 11.8 Å². The molecule has 0 atom stereocenters.